The van der Waals surface area contributed by atoms with E-state index in [1.807, 2.05) is 0 Å². The van der Waals surface area contributed by atoms with E-state index >= 15 is 0 Å². The Morgan fingerprint density at radius 3 is 2.06 bits per heavy atom. The third-order valence-electron chi connectivity index (χ3n) is 4.86. The van der Waals surface area contributed by atoms with E-state index < -0.39 is 33.9 Å². The summed E-state index contributed by atoms with van der Waals surface area (Å²) in [4.78, 5) is 28.9. The van der Waals surface area contributed by atoms with Crippen LogP contribution in [-0.4, -0.2) is 46.7 Å². The average molecular weight is 506 g/mol. The Morgan fingerprint density at radius 1 is 0.941 bits per heavy atom. The van der Waals surface area contributed by atoms with Gasteiger partial charge in [0.1, 0.15) is 5.75 Å². The standard InChI is InChI=1S/C22H23N3O7S2/c1-30-16-8-4-14(5-9-16)19(18(20(26)31-2)21(27)32-3)24-15-6-10-17(11-7-15)34(28,29)25-22-23-12-13-33-22/h4-13,18-19,24H,1-3H3,(H,23,25). The van der Waals surface area contributed by atoms with E-state index in [0.29, 0.717) is 17.0 Å². The number of aromatic nitrogens is 1. The highest BCUT2D eigenvalue weighted by Gasteiger charge is 2.38. The maximum absolute atomic E-state index is 12.6. The summed E-state index contributed by atoms with van der Waals surface area (Å²) in [5.41, 5.74) is 1.05. The van der Waals surface area contributed by atoms with Crippen molar-refractivity contribution in [1.82, 2.24) is 4.98 Å². The number of anilines is 2. The topological polar surface area (TPSA) is 133 Å². The summed E-state index contributed by atoms with van der Waals surface area (Å²) in [5, 5.41) is 5.03. The van der Waals surface area contributed by atoms with Gasteiger partial charge in [-0.1, -0.05) is 12.1 Å². The molecule has 1 unspecified atom stereocenters. The number of carbonyl (C=O) groups excluding carboxylic acids is 2. The molecule has 10 nitrogen and oxygen atoms in total. The van der Waals surface area contributed by atoms with Gasteiger partial charge in [0.15, 0.2) is 11.0 Å². The Labute approximate surface area is 200 Å². The Bertz CT molecular complexity index is 1200. The summed E-state index contributed by atoms with van der Waals surface area (Å²) in [5.74, 6) is -2.30. The molecule has 34 heavy (non-hydrogen) atoms. The quantitative estimate of drug-likeness (QED) is 0.315. The zero-order valence-corrected chi connectivity index (χ0v) is 20.2. The second-order valence-electron chi connectivity index (χ2n) is 6.89. The predicted octanol–water partition coefficient (Wildman–Crippen LogP) is 3.07. The first kappa shape index (κ1) is 25.0. The molecule has 0 aliphatic heterocycles. The molecule has 0 amide bonds. The molecule has 0 spiro atoms. The molecule has 0 saturated heterocycles. The Hall–Kier alpha value is -3.64. The van der Waals surface area contributed by atoms with E-state index in [0.717, 1.165) is 11.3 Å². The van der Waals surface area contributed by atoms with Gasteiger partial charge in [0.2, 0.25) is 0 Å². The number of methoxy groups -OCH3 is 3. The molecule has 3 aromatic rings. The number of ether oxygens (including phenoxy) is 3. The number of carbonyl (C=O) groups is 2. The van der Waals surface area contributed by atoms with Crippen LogP contribution in [0.5, 0.6) is 5.75 Å². The zero-order valence-electron chi connectivity index (χ0n) is 18.5. The lowest BCUT2D eigenvalue weighted by Gasteiger charge is -2.26. The van der Waals surface area contributed by atoms with Crippen LogP contribution < -0.4 is 14.8 Å². The van der Waals surface area contributed by atoms with Crippen LogP contribution >= 0.6 is 11.3 Å². The van der Waals surface area contributed by atoms with E-state index in [-0.39, 0.29) is 10.0 Å². The van der Waals surface area contributed by atoms with Crippen LogP contribution in [0.1, 0.15) is 11.6 Å². The van der Waals surface area contributed by atoms with Crippen molar-refractivity contribution in [2.24, 2.45) is 5.92 Å². The van der Waals surface area contributed by atoms with Gasteiger partial charge in [-0.3, -0.25) is 14.3 Å². The highest BCUT2D eigenvalue weighted by Crippen LogP contribution is 2.31. The molecule has 0 saturated carbocycles. The summed E-state index contributed by atoms with van der Waals surface area (Å²) < 4.78 is 42.4. The van der Waals surface area contributed by atoms with Gasteiger partial charge in [-0.25, -0.2) is 13.4 Å². The van der Waals surface area contributed by atoms with Crippen molar-refractivity contribution < 1.29 is 32.2 Å². The van der Waals surface area contributed by atoms with Gasteiger partial charge in [0.05, 0.1) is 32.3 Å². The summed E-state index contributed by atoms with van der Waals surface area (Å²) in [6, 6.07) is 11.8. The van der Waals surface area contributed by atoms with Gasteiger partial charge in [0, 0.05) is 17.3 Å². The van der Waals surface area contributed by atoms with E-state index in [1.54, 1.807) is 29.6 Å². The fraction of sp³-hybridized carbons (Fsp3) is 0.227. The van der Waals surface area contributed by atoms with E-state index in [4.69, 9.17) is 14.2 Å². The van der Waals surface area contributed by atoms with E-state index in [9.17, 15) is 18.0 Å². The summed E-state index contributed by atoms with van der Waals surface area (Å²) in [6.45, 7) is 0. The second kappa shape index (κ2) is 11.0. The first-order valence-electron chi connectivity index (χ1n) is 9.87. The summed E-state index contributed by atoms with van der Waals surface area (Å²) in [7, 11) is 0.0499. The maximum Gasteiger partial charge on any atom is 0.322 e. The Kier molecular flexibility index (Phi) is 8.08. The van der Waals surface area contributed by atoms with Crippen molar-refractivity contribution in [3.05, 3.63) is 65.7 Å². The fourth-order valence-electron chi connectivity index (χ4n) is 3.15. The second-order valence-corrected chi connectivity index (χ2v) is 9.46. The maximum atomic E-state index is 12.6. The molecular formula is C22H23N3O7S2. The number of sulfonamides is 1. The van der Waals surface area contributed by atoms with Gasteiger partial charge in [0.25, 0.3) is 10.0 Å². The largest absolute Gasteiger partial charge is 0.497 e. The van der Waals surface area contributed by atoms with Crippen LogP contribution in [0.25, 0.3) is 0 Å². The van der Waals surface area contributed by atoms with Crippen LogP contribution in [-0.2, 0) is 29.1 Å². The number of hydrogen-bond donors (Lipinski definition) is 2. The monoisotopic (exact) mass is 505 g/mol. The minimum Gasteiger partial charge on any atom is -0.497 e. The molecule has 2 N–H and O–H groups in total. The van der Waals surface area contributed by atoms with Crippen molar-refractivity contribution >= 4 is 44.1 Å². The normalized spacial score (nSPS) is 12.0. The van der Waals surface area contributed by atoms with Crippen molar-refractivity contribution in [2.45, 2.75) is 10.9 Å². The number of rotatable bonds is 10. The van der Waals surface area contributed by atoms with Crippen molar-refractivity contribution in [3.8, 4) is 5.75 Å². The van der Waals surface area contributed by atoms with Gasteiger partial charge in [-0.15, -0.1) is 11.3 Å². The summed E-state index contributed by atoms with van der Waals surface area (Å²) >= 11 is 1.16. The highest BCUT2D eigenvalue weighted by molar-refractivity contribution is 7.93. The smallest absolute Gasteiger partial charge is 0.322 e. The molecule has 1 heterocycles. The molecule has 0 fully saturated rings. The van der Waals surface area contributed by atoms with E-state index in [1.165, 1.54) is 51.8 Å². The number of esters is 2. The van der Waals surface area contributed by atoms with Gasteiger partial charge >= 0.3 is 11.9 Å². The lowest BCUT2D eigenvalue weighted by molar-refractivity contribution is -0.159. The lowest BCUT2D eigenvalue weighted by atomic mass is 9.92. The van der Waals surface area contributed by atoms with Crippen LogP contribution in [0.3, 0.4) is 0 Å². The lowest BCUT2D eigenvalue weighted by Crippen LogP contribution is -2.35. The van der Waals surface area contributed by atoms with Crippen molar-refractivity contribution in [2.75, 3.05) is 31.4 Å². The minimum absolute atomic E-state index is 0.0201. The van der Waals surface area contributed by atoms with Gasteiger partial charge in [-0.05, 0) is 42.0 Å². The number of nitrogens with zero attached hydrogens (tertiary/aromatic N) is 1. The molecule has 0 aliphatic rings. The molecule has 1 atom stereocenters. The number of hydrogen-bond acceptors (Lipinski definition) is 10. The Balaban J connectivity index is 1.92. The third kappa shape index (κ3) is 5.83. The third-order valence-corrected chi connectivity index (χ3v) is 7.03. The van der Waals surface area contributed by atoms with Gasteiger partial charge < -0.3 is 19.5 Å². The number of benzene rings is 2. The molecule has 0 bridgehead atoms. The average Bonchev–Trinajstić information content (AvgIpc) is 3.36. The molecule has 1 aromatic heterocycles. The SMILES string of the molecule is COC(=O)C(C(=O)OC)C(Nc1ccc(S(=O)(=O)Nc2nccs2)cc1)c1ccc(OC)cc1. The van der Waals surface area contributed by atoms with Crippen LogP contribution in [0, 0.1) is 5.92 Å². The molecule has 180 valence electrons. The Morgan fingerprint density at radius 2 is 1.56 bits per heavy atom. The fourth-order valence-corrected chi connectivity index (χ4v) is 4.94. The first-order valence-corrected chi connectivity index (χ1v) is 12.2. The molecule has 0 radical (unpaired) electrons. The highest BCUT2D eigenvalue weighted by atomic mass is 32.2. The minimum atomic E-state index is -3.83. The molecule has 2 aromatic carbocycles. The van der Waals surface area contributed by atoms with E-state index in [2.05, 4.69) is 15.0 Å². The van der Waals surface area contributed by atoms with Crippen LogP contribution in [0.4, 0.5) is 10.8 Å². The molecule has 12 heteroatoms. The molecular weight excluding hydrogens is 482 g/mol. The van der Waals surface area contributed by atoms with Gasteiger partial charge in [-0.2, -0.15) is 0 Å². The number of nitrogens with one attached hydrogen (secondary N) is 2. The molecule has 0 aliphatic carbocycles. The van der Waals surface area contributed by atoms with Crippen molar-refractivity contribution in [1.29, 1.82) is 0 Å². The number of thiazole rings is 1. The first-order chi connectivity index (χ1) is 16.3. The molecule has 3 rings (SSSR count). The zero-order chi connectivity index (χ0) is 24.7. The van der Waals surface area contributed by atoms with Crippen molar-refractivity contribution in [3.63, 3.8) is 0 Å². The van der Waals surface area contributed by atoms with Crippen LogP contribution in [0.2, 0.25) is 0 Å². The van der Waals surface area contributed by atoms with Crippen LogP contribution in [0.15, 0.2) is 65.0 Å². The summed E-state index contributed by atoms with van der Waals surface area (Å²) in [6.07, 6.45) is 1.49. The predicted molar refractivity (Wildman–Crippen MR) is 126 cm³/mol.